The molecular formula is C5H10NO6S2. The summed E-state index contributed by atoms with van der Waals surface area (Å²) in [5, 5.41) is 0. The zero-order valence-electron chi connectivity index (χ0n) is 7.55. The molecule has 83 valence electrons. The first-order valence-electron chi connectivity index (χ1n) is 3.34. The Bertz CT molecular complexity index is 382. The van der Waals surface area contributed by atoms with Gasteiger partial charge in [-0.2, -0.15) is 8.42 Å². The van der Waals surface area contributed by atoms with Crippen molar-refractivity contribution in [2.24, 2.45) is 0 Å². The molecule has 1 N–H and O–H groups in total. The fraction of sp³-hybridized carbons (Fsp3) is 0.800. The molecule has 0 aliphatic carbocycles. The number of nitrogens with one attached hydrogen (secondary N) is 1. The van der Waals surface area contributed by atoms with Crippen LogP contribution in [0, 0.1) is 0 Å². The van der Waals surface area contributed by atoms with Crippen LogP contribution in [-0.2, 0) is 29.1 Å². The molecule has 14 heavy (non-hydrogen) atoms. The van der Waals surface area contributed by atoms with Gasteiger partial charge in [-0.15, -0.1) is 0 Å². The van der Waals surface area contributed by atoms with Crippen LogP contribution < -0.4 is 4.72 Å². The third kappa shape index (κ3) is 8.10. The Kier molecular flexibility index (Phi) is 4.65. The molecule has 0 aliphatic rings. The van der Waals surface area contributed by atoms with Crippen molar-refractivity contribution in [1.82, 2.24) is 4.72 Å². The van der Waals surface area contributed by atoms with Gasteiger partial charge < -0.3 is 0 Å². The van der Waals surface area contributed by atoms with E-state index in [1.54, 1.807) is 0 Å². The maximum absolute atomic E-state index is 10.6. The van der Waals surface area contributed by atoms with Crippen LogP contribution in [0.4, 0.5) is 0 Å². The average molecular weight is 244 g/mol. The summed E-state index contributed by atoms with van der Waals surface area (Å²) in [6, 6.07) is 0. The quantitative estimate of drug-likeness (QED) is 0.541. The smallest absolute Gasteiger partial charge is 0.265 e. The fourth-order valence-corrected chi connectivity index (χ4v) is 1.52. The summed E-state index contributed by atoms with van der Waals surface area (Å²) in [5.74, 6) is 0. The van der Waals surface area contributed by atoms with Crippen molar-refractivity contribution in [2.75, 3.05) is 19.1 Å². The van der Waals surface area contributed by atoms with E-state index in [2.05, 4.69) is 4.18 Å². The Labute approximate surface area is 82.6 Å². The maximum Gasteiger partial charge on any atom is 0.265 e. The molecule has 1 atom stereocenters. The molecule has 0 aliphatic heterocycles. The number of hydrogen-bond donors (Lipinski definition) is 1. The lowest BCUT2D eigenvalue weighted by molar-refractivity contribution is 0.269. The lowest BCUT2D eigenvalue weighted by Gasteiger charge is -2.08. The minimum absolute atomic E-state index is 0.463. The van der Waals surface area contributed by atoms with Crippen molar-refractivity contribution in [2.45, 2.75) is 6.10 Å². The Hall–Kier alpha value is -0.510. The van der Waals surface area contributed by atoms with Crippen molar-refractivity contribution < 1.29 is 25.8 Å². The van der Waals surface area contributed by atoms with E-state index in [1.807, 2.05) is 4.72 Å². The summed E-state index contributed by atoms with van der Waals surface area (Å²) in [5.41, 5.74) is 0. The molecule has 1 unspecified atom stereocenters. The third-order valence-electron chi connectivity index (χ3n) is 0.953. The molecule has 0 heterocycles. The molecule has 0 aromatic rings. The van der Waals surface area contributed by atoms with Gasteiger partial charge >= 0.3 is 0 Å². The summed E-state index contributed by atoms with van der Waals surface area (Å²) in [7, 11) is -7.29. The highest BCUT2D eigenvalue weighted by molar-refractivity contribution is 7.88. The maximum atomic E-state index is 10.6. The van der Waals surface area contributed by atoms with Gasteiger partial charge in [0.2, 0.25) is 16.3 Å². The molecule has 0 rings (SSSR count). The molecule has 0 aromatic carbocycles. The van der Waals surface area contributed by atoms with Crippen LogP contribution in [0.5, 0.6) is 0 Å². The Morgan fingerprint density at radius 2 is 1.79 bits per heavy atom. The first kappa shape index (κ1) is 13.5. The molecule has 0 bridgehead atoms. The van der Waals surface area contributed by atoms with E-state index < -0.39 is 32.8 Å². The zero-order valence-corrected chi connectivity index (χ0v) is 9.18. The second kappa shape index (κ2) is 4.82. The van der Waals surface area contributed by atoms with Crippen LogP contribution >= 0.6 is 0 Å². The first-order valence-corrected chi connectivity index (χ1v) is 7.05. The predicted molar refractivity (Wildman–Crippen MR) is 48.3 cm³/mol. The van der Waals surface area contributed by atoms with Gasteiger partial charge in [0.05, 0.1) is 12.5 Å². The summed E-state index contributed by atoms with van der Waals surface area (Å²) >= 11 is 0. The van der Waals surface area contributed by atoms with E-state index in [1.165, 1.54) is 6.29 Å². The van der Waals surface area contributed by atoms with E-state index >= 15 is 0 Å². The number of rotatable bonds is 6. The SMILES string of the molecule is CS(=O)(=O)NCC([C]=O)OS(C)(=O)=O. The van der Waals surface area contributed by atoms with Crippen molar-refractivity contribution in [3.8, 4) is 0 Å². The lowest BCUT2D eigenvalue weighted by Crippen LogP contribution is -2.35. The van der Waals surface area contributed by atoms with Crippen LogP contribution in [0.2, 0.25) is 0 Å². The van der Waals surface area contributed by atoms with Gasteiger partial charge in [-0.05, 0) is 0 Å². The van der Waals surface area contributed by atoms with Gasteiger partial charge in [0.25, 0.3) is 10.1 Å². The van der Waals surface area contributed by atoms with E-state index in [4.69, 9.17) is 0 Å². The van der Waals surface area contributed by atoms with Crippen molar-refractivity contribution in [1.29, 1.82) is 0 Å². The zero-order chi connectivity index (χ0) is 11.4. The summed E-state index contributed by atoms with van der Waals surface area (Å²) in [4.78, 5) is 10.2. The molecule has 0 amide bonds. The summed E-state index contributed by atoms with van der Waals surface area (Å²) < 4.78 is 48.4. The Morgan fingerprint density at radius 3 is 2.07 bits per heavy atom. The molecular weight excluding hydrogens is 234 g/mol. The molecule has 0 saturated heterocycles. The molecule has 1 radical (unpaired) electrons. The van der Waals surface area contributed by atoms with Crippen molar-refractivity contribution in [3.63, 3.8) is 0 Å². The van der Waals surface area contributed by atoms with Crippen LogP contribution in [0.25, 0.3) is 0 Å². The van der Waals surface area contributed by atoms with Gasteiger partial charge in [-0.3, -0.25) is 8.98 Å². The standard InChI is InChI=1S/C5H10NO6S2/c1-13(8,9)6-3-5(4-7)12-14(2,10)11/h5-6H,3H2,1-2H3. The second-order valence-electron chi connectivity index (χ2n) is 2.53. The normalized spacial score (nSPS) is 15.0. The van der Waals surface area contributed by atoms with E-state index in [0.29, 0.717) is 0 Å². The van der Waals surface area contributed by atoms with E-state index in [-0.39, 0.29) is 0 Å². The molecule has 0 spiro atoms. The van der Waals surface area contributed by atoms with Crippen LogP contribution in [0.3, 0.4) is 0 Å². The third-order valence-corrected chi connectivity index (χ3v) is 2.23. The van der Waals surface area contributed by atoms with E-state index in [0.717, 1.165) is 12.5 Å². The van der Waals surface area contributed by atoms with Gasteiger partial charge in [0.15, 0.2) is 6.10 Å². The van der Waals surface area contributed by atoms with Crippen LogP contribution in [-0.4, -0.2) is 48.3 Å². The lowest BCUT2D eigenvalue weighted by atomic mass is 10.4. The molecule has 0 fully saturated rings. The van der Waals surface area contributed by atoms with Crippen molar-refractivity contribution in [3.05, 3.63) is 0 Å². The Balaban J connectivity index is 4.26. The summed E-state index contributed by atoms with van der Waals surface area (Å²) in [6.07, 6.45) is 1.41. The molecule has 0 aromatic heterocycles. The Morgan fingerprint density at radius 1 is 1.29 bits per heavy atom. The van der Waals surface area contributed by atoms with Crippen LogP contribution in [0.15, 0.2) is 0 Å². The topological polar surface area (TPSA) is 107 Å². The van der Waals surface area contributed by atoms with Gasteiger partial charge in [-0.25, -0.2) is 13.1 Å². The van der Waals surface area contributed by atoms with E-state index in [9.17, 15) is 21.6 Å². The number of carbonyl (C=O) groups excluding carboxylic acids is 1. The fourth-order valence-electron chi connectivity index (χ4n) is 0.533. The highest BCUT2D eigenvalue weighted by atomic mass is 32.2. The average Bonchev–Trinajstić information content (AvgIpc) is 1.94. The summed E-state index contributed by atoms with van der Waals surface area (Å²) in [6.45, 7) is -0.463. The highest BCUT2D eigenvalue weighted by Crippen LogP contribution is 1.94. The molecule has 9 heteroatoms. The molecule has 0 saturated carbocycles. The van der Waals surface area contributed by atoms with Gasteiger partial charge in [-0.1, -0.05) is 0 Å². The highest BCUT2D eigenvalue weighted by Gasteiger charge is 2.17. The molecule has 7 nitrogen and oxygen atoms in total. The predicted octanol–water partition coefficient (Wildman–Crippen LogP) is -2.01. The minimum atomic E-state index is -3.80. The first-order chi connectivity index (χ1) is 6.14. The van der Waals surface area contributed by atoms with Crippen molar-refractivity contribution >= 4 is 26.4 Å². The second-order valence-corrected chi connectivity index (χ2v) is 5.96. The number of hydrogen-bond acceptors (Lipinski definition) is 6. The number of sulfonamides is 1. The van der Waals surface area contributed by atoms with Gasteiger partial charge in [0, 0.05) is 6.54 Å². The van der Waals surface area contributed by atoms with Crippen LogP contribution in [0.1, 0.15) is 0 Å². The minimum Gasteiger partial charge on any atom is -0.288 e. The largest absolute Gasteiger partial charge is 0.288 e. The monoisotopic (exact) mass is 244 g/mol. The van der Waals surface area contributed by atoms with Gasteiger partial charge in [0.1, 0.15) is 0 Å².